The molecular weight excluding hydrogens is 529 g/mol. The number of benzene rings is 6. The van der Waals surface area contributed by atoms with Crippen LogP contribution in [0.4, 0.5) is 22.1 Å². The van der Waals surface area contributed by atoms with E-state index >= 15 is 0 Å². The first-order chi connectivity index (χ1) is 20.8. The lowest BCUT2D eigenvalue weighted by atomic mass is 9.98. The Labute approximate surface area is 249 Å². The Morgan fingerprint density at radius 3 is 2.02 bits per heavy atom. The van der Waals surface area contributed by atoms with Gasteiger partial charge in [0.15, 0.2) is 0 Å². The van der Waals surface area contributed by atoms with Crippen molar-refractivity contribution in [2.24, 2.45) is 0 Å². The monoisotopic (exact) mass is 556 g/mol. The molecule has 8 rings (SSSR count). The summed E-state index contributed by atoms with van der Waals surface area (Å²) in [4.78, 5) is 2.36. The van der Waals surface area contributed by atoms with Crippen molar-refractivity contribution < 1.29 is 0 Å². The molecule has 0 radical (unpaired) electrons. The summed E-state index contributed by atoms with van der Waals surface area (Å²) >= 11 is 1.83. The molecule has 0 saturated carbocycles. The highest BCUT2D eigenvalue weighted by Gasteiger charge is 2.17. The van der Waals surface area contributed by atoms with Gasteiger partial charge in [-0.05, 0) is 69.4 Å². The minimum atomic E-state index is 0.885. The van der Waals surface area contributed by atoms with Gasteiger partial charge in [-0.25, -0.2) is 0 Å². The van der Waals surface area contributed by atoms with Crippen molar-refractivity contribution in [3.8, 4) is 22.3 Å². The maximum absolute atomic E-state index is 3.54. The third kappa shape index (κ3) is 4.36. The molecule has 2 heterocycles. The van der Waals surface area contributed by atoms with E-state index < -0.39 is 0 Å². The average Bonchev–Trinajstić information content (AvgIpc) is 3.44. The Hall–Kier alpha value is -5.12. The summed E-state index contributed by atoms with van der Waals surface area (Å²) in [6.07, 6.45) is 4.44. The van der Waals surface area contributed by atoms with E-state index in [-0.39, 0.29) is 0 Å². The van der Waals surface area contributed by atoms with Crippen molar-refractivity contribution >= 4 is 60.3 Å². The zero-order valence-corrected chi connectivity index (χ0v) is 23.8. The van der Waals surface area contributed by atoms with E-state index in [0.717, 1.165) is 23.6 Å². The first-order valence-corrected chi connectivity index (χ1v) is 15.1. The van der Waals surface area contributed by atoms with Crippen LogP contribution in [0, 0.1) is 0 Å². The molecule has 3 heteroatoms. The Balaban J connectivity index is 1.23. The van der Waals surface area contributed by atoms with Crippen LogP contribution in [0.15, 0.2) is 146 Å². The molecule has 7 aromatic rings. The van der Waals surface area contributed by atoms with Crippen LogP contribution in [0.2, 0.25) is 0 Å². The van der Waals surface area contributed by atoms with Crippen molar-refractivity contribution in [3.05, 3.63) is 151 Å². The number of fused-ring (bicyclic) bond motifs is 4. The Kier molecular flexibility index (Phi) is 6.09. The smallest absolute Gasteiger partial charge is 0.0971 e. The number of anilines is 4. The third-order valence-corrected chi connectivity index (χ3v) is 9.22. The van der Waals surface area contributed by atoms with Crippen LogP contribution >= 0.6 is 11.3 Å². The Bertz CT molecular complexity index is 2070. The first-order valence-electron chi connectivity index (χ1n) is 14.3. The molecule has 42 heavy (non-hydrogen) atoms. The van der Waals surface area contributed by atoms with Gasteiger partial charge in [-0.15, -0.1) is 11.3 Å². The van der Waals surface area contributed by atoms with Crippen LogP contribution in [0.25, 0.3) is 49.2 Å². The van der Waals surface area contributed by atoms with Crippen LogP contribution < -0.4 is 10.2 Å². The highest BCUT2D eigenvalue weighted by atomic mass is 32.1. The van der Waals surface area contributed by atoms with Crippen molar-refractivity contribution in [3.63, 3.8) is 0 Å². The van der Waals surface area contributed by atoms with Crippen LogP contribution in [0.1, 0.15) is 5.56 Å². The standard InChI is InChI=1S/C39H28N2S/c1-2-8-27(9-3-1)28-15-19-31(20-16-28)41(33-23-24-36-37-14-7-25-40-39(37)42-38(36)26-33)32-21-17-30(18-22-32)35-13-6-11-29-10-4-5-12-34(29)35/h1-24,26,40H,25H2. The number of thiophene rings is 1. The Morgan fingerprint density at radius 1 is 0.548 bits per heavy atom. The van der Waals surface area contributed by atoms with E-state index in [1.165, 1.54) is 53.7 Å². The molecule has 0 atom stereocenters. The molecule has 0 fully saturated rings. The molecule has 0 amide bonds. The summed E-state index contributed by atoms with van der Waals surface area (Å²) < 4.78 is 1.29. The fourth-order valence-corrected chi connectivity index (χ4v) is 7.15. The summed E-state index contributed by atoms with van der Waals surface area (Å²) in [5.74, 6) is 0. The van der Waals surface area contributed by atoms with Crippen molar-refractivity contribution in [1.29, 1.82) is 0 Å². The van der Waals surface area contributed by atoms with Gasteiger partial charge < -0.3 is 10.2 Å². The van der Waals surface area contributed by atoms with Crippen molar-refractivity contribution in [1.82, 2.24) is 0 Å². The summed E-state index contributed by atoms with van der Waals surface area (Å²) in [6.45, 7) is 0.885. The average molecular weight is 557 g/mol. The van der Waals surface area contributed by atoms with Crippen molar-refractivity contribution in [2.45, 2.75) is 0 Å². The lowest BCUT2D eigenvalue weighted by Crippen LogP contribution is -2.09. The summed E-state index contributed by atoms with van der Waals surface area (Å²) in [7, 11) is 0. The molecule has 1 aromatic heterocycles. The minimum absolute atomic E-state index is 0.885. The van der Waals surface area contributed by atoms with Crippen molar-refractivity contribution in [2.75, 3.05) is 16.8 Å². The van der Waals surface area contributed by atoms with Gasteiger partial charge in [0.25, 0.3) is 0 Å². The second kappa shape index (κ2) is 10.4. The van der Waals surface area contributed by atoms with Crippen LogP contribution in [0.3, 0.4) is 0 Å². The SMILES string of the molecule is C1=Cc2c(sc3cc(N(c4ccc(-c5ccccc5)cc4)c4ccc(-c5cccc6ccccc56)cc4)ccc23)NC1. The van der Waals surface area contributed by atoms with E-state index in [1.54, 1.807) is 0 Å². The number of nitrogens with zero attached hydrogens (tertiary/aromatic N) is 1. The summed E-state index contributed by atoms with van der Waals surface area (Å²) in [5.41, 5.74) is 9.61. The first kappa shape index (κ1) is 24.7. The van der Waals surface area contributed by atoms with E-state index in [2.05, 4.69) is 162 Å². The van der Waals surface area contributed by atoms with Gasteiger partial charge in [-0.3, -0.25) is 0 Å². The minimum Gasteiger partial charge on any atom is -0.373 e. The molecule has 0 spiro atoms. The summed E-state index contributed by atoms with van der Waals surface area (Å²) in [6, 6.07) is 50.5. The van der Waals surface area contributed by atoms with Gasteiger partial charge in [-0.2, -0.15) is 0 Å². The van der Waals surface area contributed by atoms with Crippen LogP contribution in [-0.4, -0.2) is 6.54 Å². The number of rotatable bonds is 5. The molecule has 6 aromatic carbocycles. The van der Waals surface area contributed by atoms with Gasteiger partial charge in [0.2, 0.25) is 0 Å². The number of hydrogen-bond donors (Lipinski definition) is 1. The Morgan fingerprint density at radius 2 is 1.21 bits per heavy atom. The lowest BCUT2D eigenvalue weighted by Gasteiger charge is -2.26. The van der Waals surface area contributed by atoms with E-state index in [1.807, 2.05) is 11.3 Å². The van der Waals surface area contributed by atoms with Gasteiger partial charge in [0, 0.05) is 39.3 Å². The second-order valence-electron chi connectivity index (χ2n) is 10.6. The topological polar surface area (TPSA) is 15.3 Å². The number of hydrogen-bond acceptors (Lipinski definition) is 3. The molecule has 0 bridgehead atoms. The van der Waals surface area contributed by atoms with Gasteiger partial charge >= 0.3 is 0 Å². The molecular formula is C39H28N2S. The fraction of sp³-hybridized carbons (Fsp3) is 0.0256. The normalized spacial score (nSPS) is 12.3. The van der Waals surface area contributed by atoms with E-state index in [9.17, 15) is 0 Å². The highest BCUT2D eigenvalue weighted by molar-refractivity contribution is 7.23. The third-order valence-electron chi connectivity index (χ3n) is 8.09. The molecule has 1 aliphatic rings. The number of nitrogens with one attached hydrogen (secondary N) is 1. The highest BCUT2D eigenvalue weighted by Crippen LogP contribution is 2.43. The molecule has 200 valence electrons. The molecule has 1 aliphatic heterocycles. The zero-order valence-electron chi connectivity index (χ0n) is 23.0. The summed E-state index contributed by atoms with van der Waals surface area (Å²) in [5, 5.41) is 8.62. The fourth-order valence-electron chi connectivity index (χ4n) is 6.02. The predicted molar refractivity (Wildman–Crippen MR) is 182 cm³/mol. The molecule has 0 aliphatic carbocycles. The second-order valence-corrected chi connectivity index (χ2v) is 11.7. The van der Waals surface area contributed by atoms with Gasteiger partial charge in [-0.1, -0.05) is 115 Å². The van der Waals surface area contributed by atoms with E-state index in [4.69, 9.17) is 0 Å². The van der Waals surface area contributed by atoms with Gasteiger partial charge in [0.05, 0.1) is 5.00 Å². The predicted octanol–water partition coefficient (Wildman–Crippen LogP) is 11.3. The maximum atomic E-state index is 3.54. The molecule has 1 N–H and O–H groups in total. The zero-order chi connectivity index (χ0) is 27.9. The van der Waals surface area contributed by atoms with Gasteiger partial charge in [0.1, 0.15) is 0 Å². The quantitative estimate of drug-likeness (QED) is 0.227. The largest absolute Gasteiger partial charge is 0.373 e. The molecule has 0 unspecified atom stereocenters. The van der Waals surface area contributed by atoms with E-state index in [0.29, 0.717) is 0 Å². The maximum Gasteiger partial charge on any atom is 0.0971 e. The molecule has 0 saturated heterocycles. The van der Waals surface area contributed by atoms with Crippen LogP contribution in [0.5, 0.6) is 0 Å². The van der Waals surface area contributed by atoms with Crippen LogP contribution in [-0.2, 0) is 0 Å². The molecule has 2 nitrogen and oxygen atoms in total. The lowest BCUT2D eigenvalue weighted by molar-refractivity contribution is 1.29.